The maximum absolute atomic E-state index is 13.4. The Labute approximate surface area is 95.5 Å². The van der Waals surface area contributed by atoms with Crippen molar-refractivity contribution in [3.8, 4) is 5.75 Å². The molecule has 0 aliphatic heterocycles. The number of halogens is 1. The molecule has 0 N–H and O–H groups in total. The molecule has 15 heavy (non-hydrogen) atoms. The van der Waals surface area contributed by atoms with Crippen LogP contribution < -0.4 is 9.64 Å². The Hall–Kier alpha value is -0.900. The zero-order valence-electron chi connectivity index (χ0n) is 9.03. The smallest absolute Gasteiger partial charge is 0.167 e. The van der Waals surface area contributed by atoms with E-state index in [2.05, 4.69) is 12.6 Å². The lowest BCUT2D eigenvalue weighted by molar-refractivity contribution is 0.386. The average molecular weight is 229 g/mol. The Balaban J connectivity index is 2.73. The molecule has 0 spiro atoms. The minimum absolute atomic E-state index is 0.279. The van der Waals surface area contributed by atoms with Crippen molar-refractivity contribution in [2.75, 3.05) is 31.4 Å². The summed E-state index contributed by atoms with van der Waals surface area (Å²) < 4.78 is 18.2. The molecule has 0 unspecified atom stereocenters. The molecule has 0 fully saturated rings. The number of benzene rings is 1. The van der Waals surface area contributed by atoms with Gasteiger partial charge in [-0.05, 0) is 24.3 Å². The van der Waals surface area contributed by atoms with Gasteiger partial charge in [-0.25, -0.2) is 4.39 Å². The van der Waals surface area contributed by atoms with Crippen LogP contribution in [-0.4, -0.2) is 26.5 Å². The highest BCUT2D eigenvalue weighted by Gasteiger charge is 2.06. The maximum atomic E-state index is 13.4. The highest BCUT2D eigenvalue weighted by atomic mass is 32.1. The van der Waals surface area contributed by atoms with Crippen LogP contribution in [0.2, 0.25) is 0 Å². The predicted octanol–water partition coefficient (Wildman–Crippen LogP) is 2.59. The van der Waals surface area contributed by atoms with Crippen LogP contribution in [0.4, 0.5) is 10.1 Å². The minimum atomic E-state index is -0.326. The van der Waals surface area contributed by atoms with Crippen molar-refractivity contribution < 1.29 is 9.13 Å². The minimum Gasteiger partial charge on any atom is -0.494 e. The normalized spacial score (nSPS) is 10.1. The molecule has 4 heteroatoms. The van der Waals surface area contributed by atoms with E-state index in [1.165, 1.54) is 13.2 Å². The van der Waals surface area contributed by atoms with Crippen molar-refractivity contribution in [3.05, 3.63) is 24.0 Å². The van der Waals surface area contributed by atoms with Crippen LogP contribution in [-0.2, 0) is 0 Å². The Morgan fingerprint density at radius 2 is 2.20 bits per heavy atom. The molecule has 1 rings (SSSR count). The van der Waals surface area contributed by atoms with Gasteiger partial charge in [-0.3, -0.25) is 0 Å². The van der Waals surface area contributed by atoms with Gasteiger partial charge in [-0.2, -0.15) is 12.6 Å². The molecule has 0 amide bonds. The fraction of sp³-hybridized carbons (Fsp3) is 0.455. The van der Waals surface area contributed by atoms with Gasteiger partial charge < -0.3 is 9.64 Å². The Morgan fingerprint density at radius 1 is 1.47 bits per heavy atom. The van der Waals surface area contributed by atoms with Crippen LogP contribution in [0.25, 0.3) is 0 Å². The zero-order chi connectivity index (χ0) is 11.3. The topological polar surface area (TPSA) is 12.5 Å². The van der Waals surface area contributed by atoms with Crippen molar-refractivity contribution in [3.63, 3.8) is 0 Å². The van der Waals surface area contributed by atoms with Gasteiger partial charge in [0.05, 0.1) is 7.11 Å². The summed E-state index contributed by atoms with van der Waals surface area (Å²) in [6.07, 6.45) is 0.979. The highest BCUT2D eigenvalue weighted by Crippen LogP contribution is 2.22. The van der Waals surface area contributed by atoms with Crippen LogP contribution >= 0.6 is 12.6 Å². The summed E-state index contributed by atoms with van der Waals surface area (Å²) in [6.45, 7) is 0.870. The van der Waals surface area contributed by atoms with E-state index in [0.717, 1.165) is 24.4 Å². The first-order chi connectivity index (χ1) is 7.19. The highest BCUT2D eigenvalue weighted by molar-refractivity contribution is 7.80. The van der Waals surface area contributed by atoms with E-state index in [1.54, 1.807) is 6.07 Å². The summed E-state index contributed by atoms with van der Waals surface area (Å²) in [5.41, 5.74) is 0.857. The maximum Gasteiger partial charge on any atom is 0.167 e. The SMILES string of the molecule is COc1ccc(N(C)CCCS)cc1F. The summed E-state index contributed by atoms with van der Waals surface area (Å²) in [7, 11) is 3.40. The Bertz CT molecular complexity index is 319. The van der Waals surface area contributed by atoms with Crippen LogP contribution in [0.1, 0.15) is 6.42 Å². The molecular formula is C11H16FNOS. The van der Waals surface area contributed by atoms with Gasteiger partial charge in [0.2, 0.25) is 0 Å². The first kappa shape index (κ1) is 12.2. The third-order valence-electron chi connectivity index (χ3n) is 2.23. The third-order valence-corrected chi connectivity index (χ3v) is 2.54. The van der Waals surface area contributed by atoms with Gasteiger partial charge in [0.15, 0.2) is 11.6 Å². The molecule has 1 aromatic carbocycles. The Morgan fingerprint density at radius 3 is 2.73 bits per heavy atom. The monoisotopic (exact) mass is 229 g/mol. The summed E-state index contributed by atoms with van der Waals surface area (Å²) in [4.78, 5) is 2.00. The quantitative estimate of drug-likeness (QED) is 0.779. The molecule has 0 aliphatic rings. The Kier molecular flexibility index (Phi) is 4.75. The van der Waals surface area contributed by atoms with E-state index >= 15 is 0 Å². The van der Waals surface area contributed by atoms with Crippen molar-refractivity contribution in [2.24, 2.45) is 0 Å². The molecular weight excluding hydrogens is 213 g/mol. The third kappa shape index (κ3) is 3.30. The summed E-state index contributed by atoms with van der Waals surface area (Å²) in [5.74, 6) is 0.789. The summed E-state index contributed by atoms with van der Waals surface area (Å²) in [5, 5.41) is 0. The van der Waals surface area contributed by atoms with Gasteiger partial charge in [0.25, 0.3) is 0 Å². The molecule has 1 aromatic rings. The van der Waals surface area contributed by atoms with Gasteiger partial charge >= 0.3 is 0 Å². The van der Waals surface area contributed by atoms with E-state index < -0.39 is 0 Å². The first-order valence-electron chi connectivity index (χ1n) is 4.84. The van der Waals surface area contributed by atoms with E-state index in [9.17, 15) is 4.39 Å². The lowest BCUT2D eigenvalue weighted by atomic mass is 10.2. The summed E-state index contributed by atoms with van der Waals surface area (Å²) in [6, 6.07) is 4.97. The van der Waals surface area contributed by atoms with E-state index in [0.29, 0.717) is 0 Å². The van der Waals surface area contributed by atoms with Crippen molar-refractivity contribution >= 4 is 18.3 Å². The van der Waals surface area contributed by atoms with Gasteiger partial charge in [0.1, 0.15) is 0 Å². The predicted molar refractivity (Wildman–Crippen MR) is 64.7 cm³/mol. The number of hydrogen-bond acceptors (Lipinski definition) is 3. The van der Waals surface area contributed by atoms with Crippen molar-refractivity contribution in [2.45, 2.75) is 6.42 Å². The number of anilines is 1. The lowest BCUT2D eigenvalue weighted by Crippen LogP contribution is -2.18. The molecule has 2 nitrogen and oxygen atoms in total. The molecule has 0 bridgehead atoms. The molecule has 84 valence electrons. The van der Waals surface area contributed by atoms with Gasteiger partial charge in [-0.1, -0.05) is 0 Å². The fourth-order valence-electron chi connectivity index (χ4n) is 1.33. The molecule has 0 aromatic heterocycles. The van der Waals surface area contributed by atoms with Crippen LogP contribution in [0.15, 0.2) is 18.2 Å². The molecule has 0 saturated carbocycles. The van der Waals surface area contributed by atoms with Crippen LogP contribution in [0.5, 0.6) is 5.75 Å². The number of hydrogen-bond donors (Lipinski definition) is 1. The molecule has 0 atom stereocenters. The second kappa shape index (κ2) is 5.85. The number of rotatable bonds is 5. The number of thiol groups is 1. The van der Waals surface area contributed by atoms with E-state index in [-0.39, 0.29) is 11.6 Å². The first-order valence-corrected chi connectivity index (χ1v) is 5.48. The molecule has 0 aliphatic carbocycles. The average Bonchev–Trinajstić information content (AvgIpc) is 2.25. The van der Waals surface area contributed by atoms with E-state index in [1.807, 2.05) is 18.0 Å². The van der Waals surface area contributed by atoms with Crippen molar-refractivity contribution in [1.82, 2.24) is 0 Å². The number of nitrogens with zero attached hydrogens (tertiary/aromatic N) is 1. The van der Waals surface area contributed by atoms with Gasteiger partial charge in [0, 0.05) is 25.3 Å². The largest absolute Gasteiger partial charge is 0.494 e. The van der Waals surface area contributed by atoms with E-state index in [4.69, 9.17) is 4.74 Å². The fourth-order valence-corrected chi connectivity index (χ4v) is 1.47. The van der Waals surface area contributed by atoms with Crippen molar-refractivity contribution in [1.29, 1.82) is 0 Å². The number of methoxy groups -OCH3 is 1. The lowest BCUT2D eigenvalue weighted by Gasteiger charge is -2.19. The van der Waals surface area contributed by atoms with Crippen LogP contribution in [0.3, 0.4) is 0 Å². The zero-order valence-corrected chi connectivity index (χ0v) is 9.93. The molecule has 0 heterocycles. The van der Waals surface area contributed by atoms with Crippen LogP contribution in [0, 0.1) is 5.82 Å². The van der Waals surface area contributed by atoms with Gasteiger partial charge in [-0.15, -0.1) is 0 Å². The molecule has 0 radical (unpaired) electrons. The summed E-state index contributed by atoms with van der Waals surface area (Å²) >= 11 is 4.14. The standard InChI is InChI=1S/C11H16FNOS/c1-13(6-3-7-15)9-4-5-11(14-2)10(12)8-9/h4-5,8,15H,3,6-7H2,1-2H3. The number of ether oxygens (including phenoxy) is 1. The molecule has 0 saturated heterocycles. The second-order valence-electron chi connectivity index (χ2n) is 3.32. The second-order valence-corrected chi connectivity index (χ2v) is 3.76.